The van der Waals surface area contributed by atoms with Crippen LogP contribution in [0.4, 0.5) is 19.0 Å². The normalized spacial score (nSPS) is 11.8. The zero-order valence-corrected chi connectivity index (χ0v) is 11.2. The number of rotatable bonds is 3. The fraction of sp³-hybridized carbons (Fsp3) is 0.143. The molecule has 22 heavy (non-hydrogen) atoms. The molecule has 0 fully saturated rings. The van der Waals surface area contributed by atoms with Crippen LogP contribution in [-0.2, 0) is 12.8 Å². The van der Waals surface area contributed by atoms with Gasteiger partial charge in [0, 0.05) is 0 Å². The minimum Gasteiger partial charge on any atom is -0.485 e. The zero-order valence-electron chi connectivity index (χ0n) is 11.2. The molecule has 0 aliphatic heterocycles. The number of fused-ring (bicyclic) bond motifs is 1. The van der Waals surface area contributed by atoms with Gasteiger partial charge in [0.1, 0.15) is 18.2 Å². The Morgan fingerprint density at radius 1 is 1.05 bits per heavy atom. The van der Waals surface area contributed by atoms with Gasteiger partial charge >= 0.3 is 6.18 Å². The minimum atomic E-state index is -4.48. The van der Waals surface area contributed by atoms with E-state index in [2.05, 4.69) is 10.2 Å². The average molecular weight is 308 g/mol. The highest BCUT2D eigenvalue weighted by Gasteiger charge is 2.34. The lowest BCUT2D eigenvalue weighted by atomic mass is 10.2. The molecule has 8 heteroatoms. The van der Waals surface area contributed by atoms with E-state index in [-0.39, 0.29) is 12.4 Å². The molecule has 0 aliphatic carbocycles. The molecule has 2 N–H and O–H groups in total. The van der Waals surface area contributed by atoms with Crippen molar-refractivity contribution in [2.45, 2.75) is 12.8 Å². The van der Waals surface area contributed by atoms with Gasteiger partial charge in [0.2, 0.25) is 0 Å². The average Bonchev–Trinajstić information content (AvgIpc) is 2.89. The molecule has 5 nitrogen and oxygen atoms in total. The van der Waals surface area contributed by atoms with Gasteiger partial charge in [0.25, 0.3) is 0 Å². The number of hydrogen-bond acceptors (Lipinski definition) is 4. The fourth-order valence-electron chi connectivity index (χ4n) is 2.09. The third kappa shape index (κ3) is 2.54. The summed E-state index contributed by atoms with van der Waals surface area (Å²) >= 11 is 0. The Hall–Kier alpha value is -2.77. The lowest BCUT2D eigenvalue weighted by Gasteiger charge is -2.13. The molecule has 0 bridgehead atoms. The molecule has 114 valence electrons. The third-order valence-electron chi connectivity index (χ3n) is 3.07. The summed E-state index contributed by atoms with van der Waals surface area (Å²) < 4.78 is 45.5. The van der Waals surface area contributed by atoms with Gasteiger partial charge in [-0.2, -0.15) is 13.2 Å². The second kappa shape index (κ2) is 5.21. The molecule has 0 spiro atoms. The van der Waals surface area contributed by atoms with Crippen molar-refractivity contribution >= 4 is 11.5 Å². The Kier molecular flexibility index (Phi) is 3.36. The minimum absolute atomic E-state index is 0.178. The summed E-state index contributed by atoms with van der Waals surface area (Å²) in [4.78, 5) is 0. The van der Waals surface area contributed by atoms with E-state index in [1.165, 1.54) is 22.6 Å². The van der Waals surface area contributed by atoms with E-state index in [1.807, 2.05) is 0 Å². The number of nitrogen functional groups attached to an aromatic ring is 1. The number of anilines is 1. The smallest absolute Gasteiger partial charge is 0.419 e. The monoisotopic (exact) mass is 308 g/mol. The molecule has 0 saturated carbocycles. The highest BCUT2D eigenvalue weighted by Crippen LogP contribution is 2.36. The molecule has 3 aromatic rings. The molecule has 1 aromatic carbocycles. The van der Waals surface area contributed by atoms with E-state index in [9.17, 15) is 13.2 Å². The molecule has 0 saturated heterocycles. The highest BCUT2D eigenvalue weighted by molar-refractivity contribution is 5.47. The molecule has 0 atom stereocenters. The summed E-state index contributed by atoms with van der Waals surface area (Å²) in [7, 11) is 0. The van der Waals surface area contributed by atoms with Crippen molar-refractivity contribution in [3.05, 3.63) is 53.9 Å². The number of nitrogens with two attached hydrogens (primary N) is 1. The van der Waals surface area contributed by atoms with Crippen molar-refractivity contribution in [1.29, 1.82) is 0 Å². The van der Waals surface area contributed by atoms with E-state index in [4.69, 9.17) is 10.5 Å². The first-order valence-corrected chi connectivity index (χ1v) is 6.34. The van der Waals surface area contributed by atoms with Gasteiger partial charge in [0.15, 0.2) is 11.5 Å². The van der Waals surface area contributed by atoms with Gasteiger partial charge < -0.3 is 10.5 Å². The van der Waals surface area contributed by atoms with Crippen LogP contribution in [0.25, 0.3) is 5.65 Å². The Labute approximate surface area is 123 Å². The van der Waals surface area contributed by atoms with Gasteiger partial charge in [-0.15, -0.1) is 10.2 Å². The first-order chi connectivity index (χ1) is 10.5. The molecule has 0 unspecified atom stereocenters. The summed E-state index contributed by atoms with van der Waals surface area (Å²) in [5, 5.41) is 7.78. The summed E-state index contributed by atoms with van der Waals surface area (Å²) in [6.45, 7) is -0.178. The Bertz CT molecular complexity index is 813. The maximum absolute atomic E-state index is 12.9. The van der Waals surface area contributed by atoms with E-state index in [0.29, 0.717) is 17.3 Å². The fourth-order valence-corrected chi connectivity index (χ4v) is 2.09. The van der Waals surface area contributed by atoms with Crippen LogP contribution in [0.5, 0.6) is 5.75 Å². The standard InChI is InChI=1S/C14H11F3N4O/c15-14(16,17)9-4-1-2-5-10(9)22-8-13-20-19-12-7-3-6-11(18)21(12)13/h1-7H,8,18H2. The summed E-state index contributed by atoms with van der Waals surface area (Å²) in [5.74, 6) is 0.441. The van der Waals surface area contributed by atoms with Crippen molar-refractivity contribution < 1.29 is 17.9 Å². The summed E-state index contributed by atoms with van der Waals surface area (Å²) in [6.07, 6.45) is -4.48. The Morgan fingerprint density at radius 3 is 2.59 bits per heavy atom. The predicted octanol–water partition coefficient (Wildman–Crippen LogP) is 2.91. The van der Waals surface area contributed by atoms with Crippen molar-refractivity contribution in [1.82, 2.24) is 14.6 Å². The van der Waals surface area contributed by atoms with Gasteiger partial charge in [-0.05, 0) is 24.3 Å². The van der Waals surface area contributed by atoms with Crippen LogP contribution in [0.3, 0.4) is 0 Å². The van der Waals surface area contributed by atoms with Crippen molar-refractivity contribution in [2.75, 3.05) is 5.73 Å². The van der Waals surface area contributed by atoms with Gasteiger partial charge in [-0.25, -0.2) is 0 Å². The summed E-state index contributed by atoms with van der Waals surface area (Å²) in [6, 6.07) is 10.0. The van der Waals surface area contributed by atoms with Gasteiger partial charge in [-0.1, -0.05) is 18.2 Å². The molecular formula is C14H11F3N4O. The van der Waals surface area contributed by atoms with Crippen LogP contribution in [0, 0.1) is 0 Å². The summed E-state index contributed by atoms with van der Waals surface area (Å²) in [5.41, 5.74) is 5.48. The highest BCUT2D eigenvalue weighted by atomic mass is 19.4. The van der Waals surface area contributed by atoms with Crippen LogP contribution in [0.1, 0.15) is 11.4 Å². The van der Waals surface area contributed by atoms with Gasteiger partial charge in [0.05, 0.1) is 5.56 Å². The predicted molar refractivity (Wildman–Crippen MR) is 73.2 cm³/mol. The van der Waals surface area contributed by atoms with Crippen LogP contribution in [0.2, 0.25) is 0 Å². The number of para-hydroxylation sites is 1. The molecule has 0 amide bonds. The molecule has 3 rings (SSSR count). The number of pyridine rings is 1. The van der Waals surface area contributed by atoms with Crippen molar-refractivity contribution in [3.8, 4) is 5.75 Å². The Morgan fingerprint density at radius 2 is 1.82 bits per heavy atom. The van der Waals surface area contributed by atoms with Crippen LogP contribution < -0.4 is 10.5 Å². The largest absolute Gasteiger partial charge is 0.485 e. The maximum atomic E-state index is 12.9. The first kappa shape index (κ1) is 14.2. The van der Waals surface area contributed by atoms with Crippen LogP contribution in [-0.4, -0.2) is 14.6 Å². The lowest BCUT2D eigenvalue weighted by Crippen LogP contribution is -2.10. The molecule has 2 heterocycles. The van der Waals surface area contributed by atoms with E-state index in [1.54, 1.807) is 18.2 Å². The topological polar surface area (TPSA) is 65.4 Å². The number of halogens is 3. The molecular weight excluding hydrogens is 297 g/mol. The van der Waals surface area contributed by atoms with E-state index < -0.39 is 11.7 Å². The molecule has 2 aromatic heterocycles. The third-order valence-corrected chi connectivity index (χ3v) is 3.07. The molecule has 0 radical (unpaired) electrons. The number of ether oxygens (including phenoxy) is 1. The number of aromatic nitrogens is 3. The number of hydrogen-bond donors (Lipinski definition) is 1. The lowest BCUT2D eigenvalue weighted by molar-refractivity contribution is -0.139. The van der Waals surface area contributed by atoms with Crippen LogP contribution in [0.15, 0.2) is 42.5 Å². The SMILES string of the molecule is Nc1cccc2nnc(COc3ccccc3C(F)(F)F)n12. The van der Waals surface area contributed by atoms with E-state index in [0.717, 1.165) is 6.07 Å². The number of nitrogens with zero attached hydrogens (tertiary/aromatic N) is 3. The second-order valence-corrected chi connectivity index (χ2v) is 4.54. The van der Waals surface area contributed by atoms with Crippen molar-refractivity contribution in [2.24, 2.45) is 0 Å². The van der Waals surface area contributed by atoms with Gasteiger partial charge in [-0.3, -0.25) is 4.40 Å². The number of benzene rings is 1. The number of alkyl halides is 3. The van der Waals surface area contributed by atoms with Crippen LogP contribution >= 0.6 is 0 Å². The maximum Gasteiger partial charge on any atom is 0.419 e. The second-order valence-electron chi connectivity index (χ2n) is 4.54. The van der Waals surface area contributed by atoms with Crippen molar-refractivity contribution in [3.63, 3.8) is 0 Å². The zero-order chi connectivity index (χ0) is 15.7. The molecule has 0 aliphatic rings. The quantitative estimate of drug-likeness (QED) is 0.808. The Balaban J connectivity index is 1.90. The first-order valence-electron chi connectivity index (χ1n) is 6.34. The van der Waals surface area contributed by atoms with E-state index >= 15 is 0 Å².